The number of ether oxygens (including phenoxy) is 1. The molecule has 1 aromatic heterocycles. The van der Waals surface area contributed by atoms with Crippen LogP contribution in [-0.2, 0) is 0 Å². The lowest BCUT2D eigenvalue weighted by atomic mass is 10.2. The molecule has 0 saturated carbocycles. The van der Waals surface area contributed by atoms with Gasteiger partial charge in [0.1, 0.15) is 5.52 Å². The molecule has 1 aromatic carbocycles. The van der Waals surface area contributed by atoms with Crippen LogP contribution >= 0.6 is 0 Å². The molecule has 0 saturated heterocycles. The fourth-order valence-corrected chi connectivity index (χ4v) is 1.72. The third kappa shape index (κ3) is 1.86. The van der Waals surface area contributed by atoms with Gasteiger partial charge in [-0.3, -0.25) is 29.8 Å². The first kappa shape index (κ1) is 13.2. The van der Waals surface area contributed by atoms with Gasteiger partial charge in [0.05, 0.1) is 22.5 Å². The standard InChI is InChI=1S/C9H6N4O7/c1-20-7-4(12(16)17)2-3-5(6(7)13(18)19)11-9(15)8(14)10-3/h2H,1H3,(H,10,14)(H,11,15). The molecule has 104 valence electrons. The second kappa shape index (κ2) is 4.46. The molecule has 11 heteroatoms. The number of fused-ring (bicyclic) bond motifs is 1. The zero-order chi connectivity index (χ0) is 15.0. The summed E-state index contributed by atoms with van der Waals surface area (Å²) in [5.74, 6) is -0.616. The smallest absolute Gasteiger partial charge is 0.343 e. The third-order valence-electron chi connectivity index (χ3n) is 2.51. The van der Waals surface area contributed by atoms with Gasteiger partial charge in [-0.15, -0.1) is 0 Å². The van der Waals surface area contributed by atoms with Crippen LogP contribution in [0.3, 0.4) is 0 Å². The molecule has 0 spiro atoms. The van der Waals surface area contributed by atoms with Crippen molar-refractivity contribution in [3.05, 3.63) is 47.0 Å². The van der Waals surface area contributed by atoms with Crippen molar-refractivity contribution in [2.24, 2.45) is 0 Å². The van der Waals surface area contributed by atoms with Crippen LogP contribution in [0.5, 0.6) is 5.75 Å². The summed E-state index contributed by atoms with van der Waals surface area (Å²) in [6.07, 6.45) is 0. The first-order valence-corrected chi connectivity index (χ1v) is 5.03. The highest BCUT2D eigenvalue weighted by Gasteiger charge is 2.31. The first-order chi connectivity index (χ1) is 9.36. The predicted octanol–water partition coefficient (Wildman–Crippen LogP) is 0.0414. The van der Waals surface area contributed by atoms with Crippen LogP contribution in [0.15, 0.2) is 15.7 Å². The van der Waals surface area contributed by atoms with Crippen LogP contribution in [0.1, 0.15) is 0 Å². The van der Waals surface area contributed by atoms with E-state index in [1.807, 2.05) is 9.97 Å². The molecule has 0 atom stereocenters. The number of aromatic amines is 2. The van der Waals surface area contributed by atoms with E-state index in [1.54, 1.807) is 0 Å². The molecule has 0 bridgehead atoms. The molecule has 2 rings (SSSR count). The van der Waals surface area contributed by atoms with Crippen LogP contribution in [0, 0.1) is 20.2 Å². The maximum absolute atomic E-state index is 11.2. The van der Waals surface area contributed by atoms with Crippen molar-refractivity contribution < 1.29 is 14.6 Å². The average molecular weight is 282 g/mol. The minimum absolute atomic E-state index is 0.242. The van der Waals surface area contributed by atoms with E-state index in [9.17, 15) is 29.8 Å². The molecular formula is C9H6N4O7. The van der Waals surface area contributed by atoms with E-state index in [-0.39, 0.29) is 11.0 Å². The molecule has 11 nitrogen and oxygen atoms in total. The molecule has 0 aliphatic rings. The predicted molar refractivity (Wildman–Crippen MR) is 65.1 cm³/mol. The molecule has 0 aliphatic carbocycles. The monoisotopic (exact) mass is 282 g/mol. The molecule has 0 fully saturated rings. The number of H-pyrrole nitrogens is 2. The fraction of sp³-hybridized carbons (Fsp3) is 0.111. The molecular weight excluding hydrogens is 276 g/mol. The van der Waals surface area contributed by atoms with Crippen molar-refractivity contribution >= 4 is 22.4 Å². The molecule has 2 aromatic rings. The van der Waals surface area contributed by atoms with Crippen LogP contribution in [0.25, 0.3) is 11.0 Å². The lowest BCUT2D eigenvalue weighted by Crippen LogP contribution is -2.29. The summed E-state index contributed by atoms with van der Waals surface area (Å²) in [4.78, 5) is 46.6. The Balaban J connectivity index is 3.10. The number of nitro benzene ring substituents is 2. The minimum Gasteiger partial charge on any atom is -0.485 e. The SMILES string of the molecule is COc1c([N+](=O)[O-])cc2[nH]c(=O)c(=O)[nH]c2c1[N+](=O)[O-]. The van der Waals surface area contributed by atoms with Gasteiger partial charge in [-0.2, -0.15) is 0 Å². The number of nitrogens with zero attached hydrogens (tertiary/aromatic N) is 2. The summed E-state index contributed by atoms with van der Waals surface area (Å²) in [5, 5.41) is 21.9. The van der Waals surface area contributed by atoms with Gasteiger partial charge in [-0.25, -0.2) is 0 Å². The van der Waals surface area contributed by atoms with Crippen molar-refractivity contribution in [2.75, 3.05) is 7.11 Å². The normalized spacial score (nSPS) is 10.4. The highest BCUT2D eigenvalue weighted by molar-refractivity contribution is 5.91. The Bertz CT molecular complexity index is 850. The van der Waals surface area contributed by atoms with Crippen molar-refractivity contribution in [2.45, 2.75) is 0 Å². The summed E-state index contributed by atoms with van der Waals surface area (Å²) >= 11 is 0. The van der Waals surface area contributed by atoms with E-state index in [2.05, 4.69) is 4.74 Å². The molecule has 0 radical (unpaired) electrons. The molecule has 1 heterocycles. The van der Waals surface area contributed by atoms with Crippen molar-refractivity contribution in [3.8, 4) is 5.75 Å². The number of hydrogen-bond donors (Lipinski definition) is 2. The van der Waals surface area contributed by atoms with Gasteiger partial charge in [0.15, 0.2) is 0 Å². The van der Waals surface area contributed by atoms with E-state index in [0.29, 0.717) is 0 Å². The highest BCUT2D eigenvalue weighted by Crippen LogP contribution is 2.40. The molecule has 0 aliphatic heterocycles. The van der Waals surface area contributed by atoms with Gasteiger partial charge < -0.3 is 14.7 Å². The minimum atomic E-state index is -1.11. The maximum atomic E-state index is 11.2. The zero-order valence-electron chi connectivity index (χ0n) is 9.83. The number of nitro groups is 2. The number of rotatable bonds is 3. The summed E-state index contributed by atoms with van der Waals surface area (Å²) in [6.45, 7) is 0. The molecule has 20 heavy (non-hydrogen) atoms. The van der Waals surface area contributed by atoms with Crippen LogP contribution in [0.2, 0.25) is 0 Å². The Kier molecular flexibility index (Phi) is 2.94. The molecule has 0 amide bonds. The lowest BCUT2D eigenvalue weighted by molar-refractivity contribution is -0.394. The Labute approximate surface area is 108 Å². The lowest BCUT2D eigenvalue weighted by Gasteiger charge is -2.05. The van der Waals surface area contributed by atoms with E-state index in [0.717, 1.165) is 13.2 Å². The van der Waals surface area contributed by atoms with Gasteiger partial charge in [-0.1, -0.05) is 0 Å². The number of aromatic nitrogens is 2. The van der Waals surface area contributed by atoms with Crippen molar-refractivity contribution in [3.63, 3.8) is 0 Å². The van der Waals surface area contributed by atoms with E-state index < -0.39 is 38.1 Å². The Hall–Kier alpha value is -3.24. The van der Waals surface area contributed by atoms with Gasteiger partial charge in [-0.05, 0) is 0 Å². The van der Waals surface area contributed by atoms with Gasteiger partial charge in [0.25, 0.3) is 5.75 Å². The fourth-order valence-electron chi connectivity index (χ4n) is 1.72. The summed E-state index contributed by atoms with van der Waals surface area (Å²) in [7, 11) is 1.02. The molecule has 0 unspecified atom stereocenters. The number of hydrogen-bond acceptors (Lipinski definition) is 7. The Morgan fingerprint density at radius 1 is 1.10 bits per heavy atom. The van der Waals surface area contributed by atoms with Gasteiger partial charge in [0.2, 0.25) is 0 Å². The maximum Gasteiger partial charge on any atom is 0.343 e. The van der Waals surface area contributed by atoms with Crippen LogP contribution in [0.4, 0.5) is 11.4 Å². The summed E-state index contributed by atoms with van der Waals surface area (Å²) < 4.78 is 4.68. The quantitative estimate of drug-likeness (QED) is 0.456. The number of nitrogens with one attached hydrogen (secondary N) is 2. The van der Waals surface area contributed by atoms with E-state index in [4.69, 9.17) is 0 Å². The van der Waals surface area contributed by atoms with Crippen molar-refractivity contribution in [1.82, 2.24) is 9.97 Å². The summed E-state index contributed by atoms with van der Waals surface area (Å²) in [6, 6.07) is 0.874. The van der Waals surface area contributed by atoms with Crippen LogP contribution < -0.4 is 15.9 Å². The second-order valence-electron chi connectivity index (χ2n) is 3.62. The van der Waals surface area contributed by atoms with Crippen LogP contribution in [-0.4, -0.2) is 26.9 Å². The van der Waals surface area contributed by atoms with Gasteiger partial charge in [0, 0.05) is 6.07 Å². The average Bonchev–Trinajstić information content (AvgIpc) is 2.37. The number of methoxy groups -OCH3 is 1. The highest BCUT2D eigenvalue weighted by atomic mass is 16.6. The Morgan fingerprint density at radius 3 is 2.20 bits per heavy atom. The zero-order valence-corrected chi connectivity index (χ0v) is 9.83. The van der Waals surface area contributed by atoms with E-state index >= 15 is 0 Å². The summed E-state index contributed by atoms with van der Waals surface area (Å²) in [5.41, 5.74) is -4.29. The Morgan fingerprint density at radius 2 is 1.70 bits per heavy atom. The topological polar surface area (TPSA) is 161 Å². The first-order valence-electron chi connectivity index (χ1n) is 5.03. The second-order valence-corrected chi connectivity index (χ2v) is 3.62. The van der Waals surface area contributed by atoms with E-state index in [1.165, 1.54) is 0 Å². The van der Waals surface area contributed by atoms with Crippen molar-refractivity contribution in [1.29, 1.82) is 0 Å². The molecule has 2 N–H and O–H groups in total. The largest absolute Gasteiger partial charge is 0.485 e. The van der Waals surface area contributed by atoms with Gasteiger partial charge >= 0.3 is 22.5 Å². The number of benzene rings is 1. The third-order valence-corrected chi connectivity index (χ3v) is 2.51.